The number of ether oxygens (including phenoxy) is 2. The van der Waals surface area contributed by atoms with Gasteiger partial charge in [-0.05, 0) is 51.3 Å². The third-order valence-electron chi connectivity index (χ3n) is 3.01. The highest BCUT2D eigenvalue weighted by Gasteiger charge is 2.25. The van der Waals surface area contributed by atoms with Crippen LogP contribution in [0.2, 0.25) is 0 Å². The molecule has 0 bridgehead atoms. The van der Waals surface area contributed by atoms with Crippen LogP contribution in [0.3, 0.4) is 0 Å². The smallest absolute Gasteiger partial charge is 0.316 e. The summed E-state index contributed by atoms with van der Waals surface area (Å²) in [5.74, 6) is -0.472. The van der Waals surface area contributed by atoms with Gasteiger partial charge < -0.3 is 9.47 Å². The summed E-state index contributed by atoms with van der Waals surface area (Å²) < 4.78 is 10.2. The number of rotatable bonds is 7. The number of benzene rings is 1. The van der Waals surface area contributed by atoms with Gasteiger partial charge in [-0.15, -0.1) is 0 Å². The molecule has 0 aliphatic carbocycles. The van der Waals surface area contributed by atoms with E-state index in [1.54, 1.807) is 21.0 Å². The quantitative estimate of drug-likeness (QED) is 0.568. The van der Waals surface area contributed by atoms with Crippen molar-refractivity contribution in [2.75, 3.05) is 7.11 Å². The predicted octanol–water partition coefficient (Wildman–Crippen LogP) is 2.78. The Hall–Kier alpha value is -1.84. The minimum absolute atomic E-state index is 0.149. The van der Waals surface area contributed by atoms with E-state index in [4.69, 9.17) is 9.47 Å². The lowest BCUT2D eigenvalue weighted by Gasteiger charge is -2.15. The molecule has 4 nitrogen and oxygen atoms in total. The highest BCUT2D eigenvalue weighted by atomic mass is 16.5. The molecule has 1 atom stereocenters. The third kappa shape index (κ3) is 5.03. The van der Waals surface area contributed by atoms with E-state index < -0.39 is 11.9 Å². The first-order chi connectivity index (χ1) is 9.43. The van der Waals surface area contributed by atoms with Crippen LogP contribution in [0.15, 0.2) is 24.3 Å². The summed E-state index contributed by atoms with van der Waals surface area (Å²) in [6.07, 6.45) is 0.916. The first-order valence-electron chi connectivity index (χ1n) is 6.78. The van der Waals surface area contributed by atoms with E-state index in [1.165, 1.54) is 6.92 Å². The molecule has 0 aromatic heterocycles. The molecule has 0 spiro atoms. The summed E-state index contributed by atoms with van der Waals surface area (Å²) in [7, 11) is 1.61. The van der Waals surface area contributed by atoms with E-state index in [0.717, 1.165) is 11.3 Å². The Kier molecular flexibility index (Phi) is 6.22. The van der Waals surface area contributed by atoms with Gasteiger partial charge >= 0.3 is 5.97 Å². The van der Waals surface area contributed by atoms with Gasteiger partial charge in [0.25, 0.3) is 0 Å². The zero-order valence-electron chi connectivity index (χ0n) is 12.5. The van der Waals surface area contributed by atoms with E-state index in [2.05, 4.69) is 0 Å². The molecule has 1 aromatic rings. The lowest BCUT2D eigenvalue weighted by atomic mass is 9.96. The molecule has 0 amide bonds. The molecule has 0 heterocycles. The Morgan fingerprint density at radius 2 is 1.75 bits per heavy atom. The molecule has 0 radical (unpaired) electrons. The standard InChI is InChI=1S/C16H22O4/c1-11(2)20-16(18)15(12(3)17)10-7-13-5-8-14(19-4)9-6-13/h5-6,8-9,11,15H,7,10H2,1-4H3. The zero-order valence-corrected chi connectivity index (χ0v) is 12.5. The molecule has 0 N–H and O–H groups in total. The van der Waals surface area contributed by atoms with Crippen molar-refractivity contribution < 1.29 is 19.1 Å². The largest absolute Gasteiger partial charge is 0.497 e. The molecular formula is C16H22O4. The molecule has 0 saturated heterocycles. The van der Waals surface area contributed by atoms with E-state index in [0.29, 0.717) is 12.8 Å². The number of carbonyl (C=O) groups is 2. The molecule has 0 fully saturated rings. The number of esters is 1. The summed E-state index contributed by atoms with van der Waals surface area (Å²) >= 11 is 0. The van der Waals surface area contributed by atoms with Crippen LogP contribution in [-0.2, 0) is 20.7 Å². The lowest BCUT2D eigenvalue weighted by Crippen LogP contribution is -2.27. The van der Waals surface area contributed by atoms with Crippen LogP contribution in [-0.4, -0.2) is 25.0 Å². The number of ketones is 1. The summed E-state index contributed by atoms with van der Waals surface area (Å²) in [4.78, 5) is 23.4. The van der Waals surface area contributed by atoms with Gasteiger partial charge in [-0.1, -0.05) is 12.1 Å². The van der Waals surface area contributed by atoms with Crippen LogP contribution < -0.4 is 4.74 Å². The Bertz CT molecular complexity index is 448. The second-order valence-electron chi connectivity index (χ2n) is 5.04. The maximum absolute atomic E-state index is 11.9. The zero-order chi connectivity index (χ0) is 15.1. The Balaban J connectivity index is 2.62. The summed E-state index contributed by atoms with van der Waals surface area (Å²) in [6.45, 7) is 4.98. The van der Waals surface area contributed by atoms with Gasteiger partial charge in [-0.25, -0.2) is 0 Å². The van der Waals surface area contributed by atoms with Crippen LogP contribution in [0.1, 0.15) is 32.8 Å². The van der Waals surface area contributed by atoms with E-state index in [1.807, 2.05) is 24.3 Å². The molecule has 1 aromatic carbocycles. The molecule has 4 heteroatoms. The van der Waals surface area contributed by atoms with Crippen LogP contribution in [0.5, 0.6) is 5.75 Å². The maximum Gasteiger partial charge on any atom is 0.316 e. The minimum Gasteiger partial charge on any atom is -0.497 e. The predicted molar refractivity (Wildman–Crippen MR) is 76.7 cm³/mol. The van der Waals surface area contributed by atoms with Gasteiger partial charge in [0.1, 0.15) is 17.5 Å². The summed E-state index contributed by atoms with van der Waals surface area (Å²) in [6, 6.07) is 7.60. The monoisotopic (exact) mass is 278 g/mol. The molecule has 20 heavy (non-hydrogen) atoms. The molecule has 1 unspecified atom stereocenters. The SMILES string of the molecule is COc1ccc(CCC(C(C)=O)C(=O)OC(C)C)cc1. The number of carbonyl (C=O) groups excluding carboxylic acids is 2. The van der Waals surface area contributed by atoms with E-state index in [-0.39, 0.29) is 11.9 Å². The van der Waals surface area contributed by atoms with Crippen molar-refractivity contribution in [3.8, 4) is 5.75 Å². The number of hydrogen-bond acceptors (Lipinski definition) is 4. The Morgan fingerprint density at radius 1 is 1.15 bits per heavy atom. The molecule has 0 aliphatic rings. The number of Topliss-reactive ketones (excluding diaryl/α,β-unsaturated/α-hetero) is 1. The fourth-order valence-corrected chi connectivity index (χ4v) is 1.90. The molecular weight excluding hydrogens is 256 g/mol. The van der Waals surface area contributed by atoms with Crippen molar-refractivity contribution >= 4 is 11.8 Å². The van der Waals surface area contributed by atoms with Gasteiger partial charge in [0, 0.05) is 0 Å². The van der Waals surface area contributed by atoms with E-state index >= 15 is 0 Å². The van der Waals surface area contributed by atoms with Gasteiger partial charge in [0.05, 0.1) is 13.2 Å². The van der Waals surface area contributed by atoms with Crippen LogP contribution in [0.4, 0.5) is 0 Å². The minimum atomic E-state index is -0.681. The van der Waals surface area contributed by atoms with E-state index in [9.17, 15) is 9.59 Å². The summed E-state index contributed by atoms with van der Waals surface area (Å²) in [5, 5.41) is 0. The van der Waals surface area contributed by atoms with Crippen molar-refractivity contribution in [1.82, 2.24) is 0 Å². The average molecular weight is 278 g/mol. The fourth-order valence-electron chi connectivity index (χ4n) is 1.90. The topological polar surface area (TPSA) is 52.6 Å². The van der Waals surface area contributed by atoms with Gasteiger partial charge in [-0.3, -0.25) is 9.59 Å². The molecule has 0 aliphatic heterocycles. The first kappa shape index (κ1) is 16.2. The molecule has 110 valence electrons. The average Bonchev–Trinajstić information content (AvgIpc) is 2.38. The molecule has 0 saturated carbocycles. The van der Waals surface area contributed by atoms with Crippen molar-refractivity contribution in [3.05, 3.63) is 29.8 Å². The van der Waals surface area contributed by atoms with Crippen LogP contribution in [0, 0.1) is 5.92 Å². The van der Waals surface area contributed by atoms with Crippen molar-refractivity contribution in [2.45, 2.75) is 39.7 Å². The summed E-state index contributed by atoms with van der Waals surface area (Å²) in [5.41, 5.74) is 1.06. The third-order valence-corrected chi connectivity index (χ3v) is 3.01. The first-order valence-corrected chi connectivity index (χ1v) is 6.78. The van der Waals surface area contributed by atoms with Gasteiger partial charge in [0.2, 0.25) is 0 Å². The van der Waals surface area contributed by atoms with Crippen molar-refractivity contribution in [1.29, 1.82) is 0 Å². The lowest BCUT2D eigenvalue weighted by molar-refractivity contribution is -0.155. The van der Waals surface area contributed by atoms with Crippen LogP contribution in [0.25, 0.3) is 0 Å². The second kappa shape index (κ2) is 7.68. The Morgan fingerprint density at radius 3 is 2.20 bits per heavy atom. The van der Waals surface area contributed by atoms with Crippen molar-refractivity contribution in [2.24, 2.45) is 5.92 Å². The maximum atomic E-state index is 11.9. The fraction of sp³-hybridized carbons (Fsp3) is 0.500. The molecule has 1 rings (SSSR count). The highest BCUT2D eigenvalue weighted by Crippen LogP contribution is 2.16. The Labute approximate surface area is 120 Å². The van der Waals surface area contributed by atoms with Gasteiger partial charge in [-0.2, -0.15) is 0 Å². The van der Waals surface area contributed by atoms with Crippen molar-refractivity contribution in [3.63, 3.8) is 0 Å². The number of hydrogen-bond donors (Lipinski definition) is 0. The highest BCUT2D eigenvalue weighted by molar-refractivity contribution is 5.97. The second-order valence-corrected chi connectivity index (χ2v) is 5.04. The van der Waals surface area contributed by atoms with Gasteiger partial charge in [0.15, 0.2) is 0 Å². The van der Waals surface area contributed by atoms with Crippen LogP contribution >= 0.6 is 0 Å². The number of methoxy groups -OCH3 is 1. The normalized spacial score (nSPS) is 12.1. The number of aryl methyl sites for hydroxylation is 1.